The van der Waals surface area contributed by atoms with Crippen LogP contribution in [0.25, 0.3) is 0 Å². The lowest BCUT2D eigenvalue weighted by molar-refractivity contribution is 0.636. The highest BCUT2D eigenvalue weighted by Gasteiger charge is 2.04. The molecule has 4 nitrogen and oxygen atoms in total. The SMILES string of the molecule is CCC(C)NC(N)=NCCN(CC)c1cccc(C)c1. The van der Waals surface area contributed by atoms with Crippen molar-refractivity contribution in [1.29, 1.82) is 0 Å². The number of nitrogens with one attached hydrogen (secondary N) is 1. The van der Waals surface area contributed by atoms with Crippen molar-refractivity contribution >= 4 is 11.6 Å². The molecule has 0 aliphatic carbocycles. The van der Waals surface area contributed by atoms with E-state index in [0.717, 1.165) is 19.5 Å². The maximum atomic E-state index is 5.86. The highest BCUT2D eigenvalue weighted by Crippen LogP contribution is 2.15. The van der Waals surface area contributed by atoms with Gasteiger partial charge in [-0.15, -0.1) is 0 Å². The van der Waals surface area contributed by atoms with E-state index in [2.05, 4.69) is 67.2 Å². The van der Waals surface area contributed by atoms with Crippen LogP contribution >= 0.6 is 0 Å². The molecule has 1 rings (SSSR count). The van der Waals surface area contributed by atoms with Crippen LogP contribution in [0.3, 0.4) is 0 Å². The molecule has 0 saturated carbocycles. The summed E-state index contributed by atoms with van der Waals surface area (Å²) in [6, 6.07) is 8.92. The summed E-state index contributed by atoms with van der Waals surface area (Å²) in [5, 5.41) is 3.18. The molecule has 0 aliphatic rings. The number of benzene rings is 1. The van der Waals surface area contributed by atoms with Gasteiger partial charge >= 0.3 is 0 Å². The number of aliphatic imine (C=N–C) groups is 1. The highest BCUT2D eigenvalue weighted by atomic mass is 15.2. The van der Waals surface area contributed by atoms with Gasteiger partial charge in [0, 0.05) is 24.8 Å². The van der Waals surface area contributed by atoms with Crippen molar-refractivity contribution in [2.75, 3.05) is 24.5 Å². The summed E-state index contributed by atoms with van der Waals surface area (Å²) in [4.78, 5) is 6.70. The first-order valence-corrected chi connectivity index (χ1v) is 7.44. The lowest BCUT2D eigenvalue weighted by Crippen LogP contribution is -2.38. The molecular formula is C16H28N4. The standard InChI is InChI=1S/C16H28N4/c1-5-14(4)19-16(17)18-10-11-20(6-2)15-9-7-8-13(3)12-15/h7-9,12,14H,5-6,10-11H2,1-4H3,(H3,17,18,19). The second-order valence-corrected chi connectivity index (χ2v) is 5.14. The van der Waals surface area contributed by atoms with Gasteiger partial charge in [-0.25, -0.2) is 0 Å². The molecule has 0 bridgehead atoms. The lowest BCUT2D eigenvalue weighted by Gasteiger charge is -2.22. The van der Waals surface area contributed by atoms with Crippen molar-refractivity contribution in [2.45, 2.75) is 40.2 Å². The molecule has 0 fully saturated rings. The number of hydrogen-bond donors (Lipinski definition) is 2. The topological polar surface area (TPSA) is 53.6 Å². The Morgan fingerprint density at radius 3 is 2.75 bits per heavy atom. The van der Waals surface area contributed by atoms with Gasteiger partial charge in [0.05, 0.1) is 6.54 Å². The predicted octanol–water partition coefficient (Wildman–Crippen LogP) is 2.52. The van der Waals surface area contributed by atoms with Crippen molar-refractivity contribution in [3.8, 4) is 0 Å². The zero-order valence-electron chi connectivity index (χ0n) is 13.2. The van der Waals surface area contributed by atoms with Crippen LogP contribution in [-0.4, -0.2) is 31.6 Å². The molecule has 0 saturated heterocycles. The Morgan fingerprint density at radius 1 is 1.40 bits per heavy atom. The molecule has 0 spiro atoms. The highest BCUT2D eigenvalue weighted by molar-refractivity contribution is 5.78. The Hall–Kier alpha value is -1.71. The first-order valence-electron chi connectivity index (χ1n) is 7.44. The first kappa shape index (κ1) is 16.3. The van der Waals surface area contributed by atoms with Gasteiger partial charge in [-0.05, 0) is 44.9 Å². The number of nitrogens with two attached hydrogens (primary N) is 1. The molecule has 0 aliphatic heterocycles. The summed E-state index contributed by atoms with van der Waals surface area (Å²) in [5.74, 6) is 0.541. The minimum atomic E-state index is 0.373. The summed E-state index contributed by atoms with van der Waals surface area (Å²) in [5.41, 5.74) is 8.39. The number of aryl methyl sites for hydroxylation is 1. The van der Waals surface area contributed by atoms with Crippen molar-refractivity contribution in [3.05, 3.63) is 29.8 Å². The third-order valence-corrected chi connectivity index (χ3v) is 3.41. The van der Waals surface area contributed by atoms with Gasteiger partial charge in [0.15, 0.2) is 5.96 Å². The van der Waals surface area contributed by atoms with Crippen LogP contribution in [-0.2, 0) is 0 Å². The fourth-order valence-corrected chi connectivity index (χ4v) is 1.99. The van der Waals surface area contributed by atoms with E-state index in [1.54, 1.807) is 0 Å². The van der Waals surface area contributed by atoms with Gasteiger partial charge in [0.2, 0.25) is 0 Å². The molecule has 1 aromatic rings. The van der Waals surface area contributed by atoms with Gasteiger partial charge in [-0.3, -0.25) is 4.99 Å². The van der Waals surface area contributed by atoms with Crippen molar-refractivity contribution in [2.24, 2.45) is 10.7 Å². The molecule has 1 aromatic carbocycles. The number of guanidine groups is 1. The molecule has 0 heterocycles. The summed E-state index contributed by atoms with van der Waals surface area (Å²) in [6.45, 7) is 11.1. The predicted molar refractivity (Wildman–Crippen MR) is 88.4 cm³/mol. The summed E-state index contributed by atoms with van der Waals surface area (Å²) < 4.78 is 0. The molecular weight excluding hydrogens is 248 g/mol. The van der Waals surface area contributed by atoms with E-state index in [9.17, 15) is 0 Å². The lowest BCUT2D eigenvalue weighted by atomic mass is 10.2. The van der Waals surface area contributed by atoms with Crippen LogP contribution in [0, 0.1) is 6.92 Å². The zero-order valence-corrected chi connectivity index (χ0v) is 13.2. The van der Waals surface area contributed by atoms with E-state index in [-0.39, 0.29) is 0 Å². The molecule has 20 heavy (non-hydrogen) atoms. The molecule has 0 amide bonds. The number of anilines is 1. The van der Waals surface area contributed by atoms with Crippen molar-refractivity contribution < 1.29 is 0 Å². The number of hydrogen-bond acceptors (Lipinski definition) is 2. The first-order chi connectivity index (χ1) is 9.56. The average molecular weight is 276 g/mol. The Kier molecular flexibility index (Phi) is 6.91. The van der Waals surface area contributed by atoms with Crippen LogP contribution in [0.5, 0.6) is 0 Å². The van der Waals surface area contributed by atoms with E-state index in [4.69, 9.17) is 5.73 Å². The molecule has 4 heteroatoms. The van der Waals surface area contributed by atoms with E-state index >= 15 is 0 Å². The fraction of sp³-hybridized carbons (Fsp3) is 0.562. The van der Waals surface area contributed by atoms with Crippen molar-refractivity contribution in [3.63, 3.8) is 0 Å². The zero-order chi connectivity index (χ0) is 15.0. The average Bonchev–Trinajstić information content (AvgIpc) is 2.43. The molecule has 0 aromatic heterocycles. The molecule has 3 N–H and O–H groups in total. The Balaban J connectivity index is 2.52. The van der Waals surface area contributed by atoms with Crippen LogP contribution in [0.15, 0.2) is 29.3 Å². The largest absolute Gasteiger partial charge is 0.370 e. The summed E-state index contributed by atoms with van der Waals surface area (Å²) in [7, 11) is 0. The third kappa shape index (κ3) is 5.51. The number of rotatable bonds is 7. The fourth-order valence-electron chi connectivity index (χ4n) is 1.99. The van der Waals surface area contributed by atoms with Gasteiger partial charge in [-0.2, -0.15) is 0 Å². The molecule has 112 valence electrons. The summed E-state index contributed by atoms with van der Waals surface area (Å²) >= 11 is 0. The Morgan fingerprint density at radius 2 is 2.15 bits per heavy atom. The van der Waals surface area contributed by atoms with Gasteiger partial charge in [0.25, 0.3) is 0 Å². The van der Waals surface area contributed by atoms with Gasteiger partial charge in [-0.1, -0.05) is 19.1 Å². The molecule has 1 unspecified atom stereocenters. The minimum Gasteiger partial charge on any atom is -0.370 e. The number of likely N-dealkylation sites (N-methyl/N-ethyl adjacent to an activating group) is 1. The second kappa shape index (κ2) is 8.46. The van der Waals surface area contributed by atoms with Gasteiger partial charge in [0.1, 0.15) is 0 Å². The van der Waals surface area contributed by atoms with E-state index < -0.39 is 0 Å². The number of nitrogens with zero attached hydrogens (tertiary/aromatic N) is 2. The smallest absolute Gasteiger partial charge is 0.188 e. The van der Waals surface area contributed by atoms with E-state index in [1.165, 1.54) is 11.3 Å². The normalized spacial score (nSPS) is 13.1. The van der Waals surface area contributed by atoms with Crippen LogP contribution in [0.4, 0.5) is 5.69 Å². The van der Waals surface area contributed by atoms with Crippen LogP contribution in [0.1, 0.15) is 32.8 Å². The third-order valence-electron chi connectivity index (χ3n) is 3.41. The van der Waals surface area contributed by atoms with E-state index in [0.29, 0.717) is 18.5 Å². The van der Waals surface area contributed by atoms with Crippen LogP contribution in [0.2, 0.25) is 0 Å². The maximum absolute atomic E-state index is 5.86. The summed E-state index contributed by atoms with van der Waals surface area (Å²) in [6.07, 6.45) is 1.04. The molecule has 0 radical (unpaired) electrons. The van der Waals surface area contributed by atoms with Crippen molar-refractivity contribution in [1.82, 2.24) is 5.32 Å². The van der Waals surface area contributed by atoms with Gasteiger partial charge < -0.3 is 16.0 Å². The quantitative estimate of drug-likeness (QED) is 0.594. The molecule has 1 atom stereocenters. The van der Waals surface area contributed by atoms with Crippen LogP contribution < -0.4 is 16.0 Å². The monoisotopic (exact) mass is 276 g/mol. The second-order valence-electron chi connectivity index (χ2n) is 5.14. The minimum absolute atomic E-state index is 0.373. The maximum Gasteiger partial charge on any atom is 0.188 e. The Labute approximate surface area is 123 Å². The van der Waals surface area contributed by atoms with E-state index in [1.807, 2.05) is 0 Å². The Bertz CT molecular complexity index is 428.